The molecule has 0 amide bonds. The van der Waals surface area contributed by atoms with Gasteiger partial charge in [-0.2, -0.15) is 0 Å². The van der Waals surface area contributed by atoms with Crippen LogP contribution in [-0.4, -0.2) is 18.3 Å². The van der Waals surface area contributed by atoms with E-state index in [1.807, 2.05) is 0 Å². The van der Waals surface area contributed by atoms with Crippen molar-refractivity contribution in [3.63, 3.8) is 0 Å². The van der Waals surface area contributed by atoms with Crippen molar-refractivity contribution in [3.05, 3.63) is 50.6 Å². The number of rotatable bonds is 5. The fraction of sp³-hybridized carbons (Fsp3) is 0.100. The van der Waals surface area contributed by atoms with Gasteiger partial charge in [-0.25, -0.2) is 18.1 Å². The molecular formula is C10H8ClN3O4S2. The van der Waals surface area contributed by atoms with Gasteiger partial charge in [0.05, 0.1) is 11.1 Å². The Balaban J connectivity index is 2.19. The van der Waals surface area contributed by atoms with Crippen LogP contribution in [0.25, 0.3) is 0 Å². The Morgan fingerprint density at radius 3 is 2.70 bits per heavy atom. The van der Waals surface area contributed by atoms with E-state index in [-0.39, 0.29) is 26.5 Å². The summed E-state index contributed by atoms with van der Waals surface area (Å²) in [4.78, 5) is 13.9. The van der Waals surface area contributed by atoms with E-state index in [1.54, 1.807) is 6.07 Å². The summed E-state index contributed by atoms with van der Waals surface area (Å²) in [6.07, 6.45) is 1.13. The molecule has 0 fully saturated rings. The van der Waals surface area contributed by atoms with Crippen molar-refractivity contribution in [3.8, 4) is 0 Å². The van der Waals surface area contributed by atoms with Gasteiger partial charge in [0.15, 0.2) is 8.68 Å². The van der Waals surface area contributed by atoms with Crippen molar-refractivity contribution in [2.75, 3.05) is 0 Å². The van der Waals surface area contributed by atoms with Gasteiger partial charge in [-0.1, -0.05) is 41.1 Å². The highest BCUT2D eigenvalue weighted by Crippen LogP contribution is 2.23. The van der Waals surface area contributed by atoms with Crippen LogP contribution < -0.4 is 4.72 Å². The third kappa shape index (κ3) is 3.31. The minimum Gasteiger partial charge on any atom is -0.258 e. The quantitative estimate of drug-likeness (QED) is 0.667. The third-order valence-electron chi connectivity index (χ3n) is 2.36. The SMILES string of the molecule is O=[N+]([O-])c1ccccc1CNS(=O)(=O)c1cnc(Cl)s1. The van der Waals surface area contributed by atoms with Crippen molar-refractivity contribution in [1.82, 2.24) is 9.71 Å². The van der Waals surface area contributed by atoms with E-state index in [4.69, 9.17) is 11.6 Å². The lowest BCUT2D eigenvalue weighted by Gasteiger charge is -2.05. The number of thiazole rings is 1. The fourth-order valence-electron chi connectivity index (χ4n) is 1.45. The molecule has 1 aromatic heterocycles. The molecule has 0 saturated carbocycles. The number of nitrogens with zero attached hydrogens (tertiary/aromatic N) is 2. The average Bonchev–Trinajstić information content (AvgIpc) is 2.84. The second kappa shape index (κ2) is 5.83. The zero-order valence-corrected chi connectivity index (χ0v) is 12.2. The summed E-state index contributed by atoms with van der Waals surface area (Å²) in [6, 6.07) is 5.91. The smallest absolute Gasteiger partial charge is 0.258 e. The Morgan fingerprint density at radius 1 is 1.40 bits per heavy atom. The van der Waals surface area contributed by atoms with Crippen LogP contribution in [0.5, 0.6) is 0 Å². The molecule has 2 rings (SSSR count). The summed E-state index contributed by atoms with van der Waals surface area (Å²) in [5, 5.41) is 10.8. The van der Waals surface area contributed by atoms with Crippen molar-refractivity contribution in [2.24, 2.45) is 0 Å². The standard InChI is InChI=1S/C10H8ClN3O4S2/c11-10-12-6-9(19-10)20(17,18)13-5-7-3-1-2-4-8(7)14(15)16/h1-4,6,13H,5H2. The molecule has 0 radical (unpaired) electrons. The van der Waals surface area contributed by atoms with E-state index in [9.17, 15) is 18.5 Å². The Kier molecular flexibility index (Phi) is 4.33. The Bertz CT molecular complexity index is 744. The highest BCUT2D eigenvalue weighted by Gasteiger charge is 2.19. The molecule has 0 bridgehead atoms. The van der Waals surface area contributed by atoms with Crippen molar-refractivity contribution in [2.45, 2.75) is 10.8 Å². The number of hydrogen-bond donors (Lipinski definition) is 1. The summed E-state index contributed by atoms with van der Waals surface area (Å²) < 4.78 is 26.2. The number of nitrogens with one attached hydrogen (secondary N) is 1. The molecule has 106 valence electrons. The predicted molar refractivity (Wildman–Crippen MR) is 74.2 cm³/mol. The summed E-state index contributed by atoms with van der Waals surface area (Å²) in [5.41, 5.74) is 0.134. The van der Waals surface area contributed by atoms with Gasteiger partial charge < -0.3 is 0 Å². The molecule has 0 atom stereocenters. The molecule has 1 aromatic carbocycles. The van der Waals surface area contributed by atoms with Crippen molar-refractivity contribution < 1.29 is 13.3 Å². The van der Waals surface area contributed by atoms with Crippen LogP contribution in [0.4, 0.5) is 5.69 Å². The summed E-state index contributed by atoms with van der Waals surface area (Å²) in [7, 11) is -3.78. The normalized spacial score (nSPS) is 11.4. The van der Waals surface area contributed by atoms with E-state index in [2.05, 4.69) is 9.71 Å². The molecule has 1 N–H and O–H groups in total. The van der Waals surface area contributed by atoms with Crippen LogP contribution in [-0.2, 0) is 16.6 Å². The van der Waals surface area contributed by atoms with Gasteiger partial charge in [-0.15, -0.1) is 0 Å². The van der Waals surface area contributed by atoms with E-state index >= 15 is 0 Å². The zero-order chi connectivity index (χ0) is 14.8. The first-order chi connectivity index (χ1) is 9.40. The van der Waals surface area contributed by atoms with Crippen LogP contribution >= 0.6 is 22.9 Å². The maximum atomic E-state index is 11.9. The number of sulfonamides is 1. The van der Waals surface area contributed by atoms with Crippen LogP contribution in [0.3, 0.4) is 0 Å². The largest absolute Gasteiger partial charge is 0.273 e. The maximum Gasteiger partial charge on any atom is 0.273 e. The van der Waals surface area contributed by atoms with Gasteiger partial charge >= 0.3 is 0 Å². The Labute approximate surface area is 123 Å². The fourth-order valence-corrected chi connectivity index (χ4v) is 3.79. The van der Waals surface area contributed by atoms with E-state index < -0.39 is 14.9 Å². The van der Waals surface area contributed by atoms with E-state index in [1.165, 1.54) is 18.2 Å². The van der Waals surface area contributed by atoms with Gasteiger partial charge in [-0.3, -0.25) is 10.1 Å². The Hall–Kier alpha value is -1.55. The van der Waals surface area contributed by atoms with Gasteiger partial charge in [-0.05, 0) is 0 Å². The number of nitro groups is 1. The van der Waals surface area contributed by atoms with Crippen LogP contribution in [0.2, 0.25) is 4.47 Å². The number of para-hydroxylation sites is 1. The minimum absolute atomic E-state index is 0.0407. The second-order valence-corrected chi connectivity index (χ2v) is 7.25. The van der Waals surface area contributed by atoms with Crippen LogP contribution in [0.15, 0.2) is 34.7 Å². The summed E-state index contributed by atoms with van der Waals surface area (Å²) >= 11 is 6.39. The monoisotopic (exact) mass is 333 g/mol. The lowest BCUT2D eigenvalue weighted by Crippen LogP contribution is -2.22. The first kappa shape index (κ1) is 14.9. The summed E-state index contributed by atoms with van der Waals surface area (Å²) in [5.74, 6) is 0. The van der Waals surface area contributed by atoms with Crippen molar-refractivity contribution in [1.29, 1.82) is 0 Å². The summed E-state index contributed by atoms with van der Waals surface area (Å²) in [6.45, 7) is -0.186. The van der Waals surface area contributed by atoms with Gasteiger partial charge in [0, 0.05) is 18.2 Å². The molecule has 7 nitrogen and oxygen atoms in total. The van der Waals surface area contributed by atoms with Gasteiger partial charge in [0.25, 0.3) is 15.7 Å². The molecule has 0 aliphatic heterocycles. The maximum absolute atomic E-state index is 11.9. The van der Waals surface area contributed by atoms with Gasteiger partial charge in [0.1, 0.15) is 0 Å². The average molecular weight is 334 g/mol. The molecular weight excluding hydrogens is 326 g/mol. The second-order valence-electron chi connectivity index (χ2n) is 3.64. The highest BCUT2D eigenvalue weighted by molar-refractivity contribution is 7.91. The number of benzene rings is 1. The molecule has 0 aliphatic carbocycles. The first-order valence-electron chi connectivity index (χ1n) is 5.23. The number of hydrogen-bond acceptors (Lipinski definition) is 6. The van der Waals surface area contributed by atoms with Gasteiger partial charge in [0.2, 0.25) is 0 Å². The lowest BCUT2D eigenvalue weighted by atomic mass is 10.2. The molecule has 1 heterocycles. The molecule has 0 saturated heterocycles. The molecule has 0 spiro atoms. The molecule has 0 aliphatic rings. The lowest BCUT2D eigenvalue weighted by molar-refractivity contribution is -0.385. The zero-order valence-electron chi connectivity index (χ0n) is 9.82. The van der Waals surface area contributed by atoms with E-state index in [0.717, 1.165) is 17.5 Å². The highest BCUT2D eigenvalue weighted by atomic mass is 35.5. The Morgan fingerprint density at radius 2 is 2.10 bits per heavy atom. The first-order valence-corrected chi connectivity index (χ1v) is 7.91. The third-order valence-corrected chi connectivity index (χ3v) is 5.34. The molecule has 2 aromatic rings. The molecule has 20 heavy (non-hydrogen) atoms. The van der Waals surface area contributed by atoms with Crippen LogP contribution in [0, 0.1) is 10.1 Å². The minimum atomic E-state index is -3.78. The topological polar surface area (TPSA) is 102 Å². The van der Waals surface area contributed by atoms with Crippen LogP contribution in [0.1, 0.15) is 5.56 Å². The molecule has 0 unspecified atom stereocenters. The number of nitro benzene ring substituents is 1. The molecule has 10 heteroatoms. The number of aromatic nitrogens is 1. The predicted octanol–water partition coefficient (Wildman–Crippen LogP) is 2.18. The number of halogens is 1. The van der Waals surface area contributed by atoms with E-state index in [0.29, 0.717) is 0 Å². The van der Waals surface area contributed by atoms with Crippen molar-refractivity contribution >= 4 is 38.6 Å².